The van der Waals surface area contributed by atoms with Crippen LogP contribution in [0.4, 0.5) is 0 Å². The molecule has 3 unspecified atom stereocenters. The molecule has 0 aromatic heterocycles. The summed E-state index contributed by atoms with van der Waals surface area (Å²) in [7, 11) is 0. The maximum absolute atomic E-state index is 8.84. The summed E-state index contributed by atoms with van der Waals surface area (Å²) in [5.41, 5.74) is 5.08. The lowest BCUT2D eigenvalue weighted by molar-refractivity contribution is -0.0484. The van der Waals surface area contributed by atoms with Crippen LogP contribution in [-0.4, -0.2) is 22.5 Å². The van der Waals surface area contributed by atoms with Crippen molar-refractivity contribution in [1.29, 1.82) is 0 Å². The van der Waals surface area contributed by atoms with E-state index in [1.54, 1.807) is 0 Å². The van der Waals surface area contributed by atoms with Crippen LogP contribution in [0.25, 0.3) is 0 Å². The van der Waals surface area contributed by atoms with Crippen LogP contribution in [0.15, 0.2) is 0 Å². The highest BCUT2D eigenvalue weighted by atomic mass is 16.3. The third-order valence-corrected chi connectivity index (χ3v) is 1.73. The second-order valence-electron chi connectivity index (χ2n) is 2.30. The van der Waals surface area contributed by atoms with Crippen molar-refractivity contribution in [2.45, 2.75) is 25.2 Å². The smallest absolute Gasteiger partial charge is 0.107 e. The van der Waals surface area contributed by atoms with Crippen molar-refractivity contribution in [1.82, 2.24) is 0 Å². The molecule has 0 aliphatic heterocycles. The van der Waals surface area contributed by atoms with E-state index >= 15 is 0 Å². The first-order chi connectivity index (χ1) is 3.72. The van der Waals surface area contributed by atoms with E-state index in [2.05, 4.69) is 0 Å². The number of nitrogens with two attached hydrogens (primary N) is 1. The van der Waals surface area contributed by atoms with Crippen LogP contribution in [0.3, 0.4) is 0 Å². The Kier molecular flexibility index (Phi) is 1.51. The maximum Gasteiger partial charge on any atom is 0.107 e. The van der Waals surface area contributed by atoms with Gasteiger partial charge in [0.05, 0.1) is 6.10 Å². The molecular formula is C5H11NO2. The standard InChI is InChI=1S/C5H11NO2/c6-5(8)3-1-2-4(3)7/h3-5,7-8H,1-2,6H2. The Morgan fingerprint density at radius 2 is 2.12 bits per heavy atom. The summed E-state index contributed by atoms with van der Waals surface area (Å²) >= 11 is 0. The van der Waals surface area contributed by atoms with Crippen LogP contribution in [0.1, 0.15) is 12.8 Å². The molecule has 1 fully saturated rings. The fourth-order valence-corrected chi connectivity index (χ4v) is 0.907. The van der Waals surface area contributed by atoms with Crippen molar-refractivity contribution in [2.24, 2.45) is 11.7 Å². The van der Waals surface area contributed by atoms with Crippen molar-refractivity contribution < 1.29 is 10.2 Å². The van der Waals surface area contributed by atoms with Crippen LogP contribution in [0.2, 0.25) is 0 Å². The molecular weight excluding hydrogens is 106 g/mol. The Morgan fingerprint density at radius 3 is 2.12 bits per heavy atom. The number of aliphatic hydroxyl groups excluding tert-OH is 2. The molecule has 0 aromatic carbocycles. The van der Waals surface area contributed by atoms with E-state index in [1.807, 2.05) is 0 Å². The molecule has 1 rings (SSSR count). The van der Waals surface area contributed by atoms with Gasteiger partial charge in [0.2, 0.25) is 0 Å². The van der Waals surface area contributed by atoms with Gasteiger partial charge in [0.1, 0.15) is 6.23 Å². The Labute approximate surface area is 48.1 Å². The molecule has 3 nitrogen and oxygen atoms in total. The molecule has 1 aliphatic rings. The zero-order chi connectivity index (χ0) is 6.15. The maximum atomic E-state index is 8.84. The first-order valence-electron chi connectivity index (χ1n) is 2.83. The fourth-order valence-electron chi connectivity index (χ4n) is 0.907. The molecule has 48 valence electrons. The average Bonchev–Trinajstić information content (AvgIpc) is 1.61. The molecule has 3 atom stereocenters. The van der Waals surface area contributed by atoms with Gasteiger partial charge in [-0.25, -0.2) is 0 Å². The minimum Gasteiger partial charge on any atom is -0.393 e. The molecule has 1 saturated carbocycles. The van der Waals surface area contributed by atoms with E-state index < -0.39 is 6.23 Å². The van der Waals surface area contributed by atoms with Gasteiger partial charge in [-0.2, -0.15) is 0 Å². The van der Waals surface area contributed by atoms with Crippen LogP contribution in [0.5, 0.6) is 0 Å². The van der Waals surface area contributed by atoms with Crippen molar-refractivity contribution in [3.05, 3.63) is 0 Å². The Hall–Kier alpha value is -0.120. The molecule has 0 saturated heterocycles. The number of hydrogen-bond acceptors (Lipinski definition) is 3. The molecule has 0 amide bonds. The lowest BCUT2D eigenvalue weighted by atomic mass is 9.81. The number of aliphatic hydroxyl groups is 2. The predicted octanol–water partition coefficient (Wildman–Crippen LogP) is -0.966. The molecule has 0 heterocycles. The highest BCUT2D eigenvalue weighted by molar-refractivity contribution is 4.82. The minimum absolute atomic E-state index is 0.0602. The van der Waals surface area contributed by atoms with Gasteiger partial charge in [0.25, 0.3) is 0 Å². The van der Waals surface area contributed by atoms with Crippen molar-refractivity contribution in [2.75, 3.05) is 0 Å². The molecule has 0 bridgehead atoms. The highest BCUT2D eigenvalue weighted by Crippen LogP contribution is 2.28. The summed E-state index contributed by atoms with van der Waals surface area (Å²) in [4.78, 5) is 0. The van der Waals surface area contributed by atoms with Crippen molar-refractivity contribution in [3.8, 4) is 0 Å². The van der Waals surface area contributed by atoms with Crippen LogP contribution < -0.4 is 5.73 Å². The third kappa shape index (κ3) is 0.844. The van der Waals surface area contributed by atoms with Crippen molar-refractivity contribution >= 4 is 0 Å². The summed E-state index contributed by atoms with van der Waals surface area (Å²) in [6.45, 7) is 0. The van der Waals surface area contributed by atoms with Gasteiger partial charge in [0.15, 0.2) is 0 Å². The molecule has 8 heavy (non-hydrogen) atoms. The highest BCUT2D eigenvalue weighted by Gasteiger charge is 2.32. The average molecular weight is 117 g/mol. The molecule has 3 heteroatoms. The molecule has 0 radical (unpaired) electrons. The lowest BCUT2D eigenvalue weighted by Gasteiger charge is -2.33. The summed E-state index contributed by atoms with van der Waals surface area (Å²) in [6.07, 6.45) is 0.478. The largest absolute Gasteiger partial charge is 0.393 e. The topological polar surface area (TPSA) is 66.5 Å². The monoisotopic (exact) mass is 117 g/mol. The van der Waals surface area contributed by atoms with Gasteiger partial charge in [-0.1, -0.05) is 0 Å². The Morgan fingerprint density at radius 1 is 1.50 bits per heavy atom. The van der Waals surface area contributed by atoms with Crippen LogP contribution in [-0.2, 0) is 0 Å². The quantitative estimate of drug-likeness (QED) is 0.387. The second kappa shape index (κ2) is 2.01. The van der Waals surface area contributed by atoms with E-state index in [4.69, 9.17) is 15.9 Å². The first-order valence-corrected chi connectivity index (χ1v) is 2.83. The normalized spacial score (nSPS) is 40.9. The summed E-state index contributed by atoms with van der Waals surface area (Å²) < 4.78 is 0. The number of hydrogen-bond donors (Lipinski definition) is 3. The number of rotatable bonds is 1. The van der Waals surface area contributed by atoms with Gasteiger partial charge in [0, 0.05) is 5.92 Å². The first kappa shape index (κ1) is 6.01. The fraction of sp³-hybridized carbons (Fsp3) is 1.00. The van der Waals surface area contributed by atoms with E-state index in [9.17, 15) is 0 Å². The summed E-state index contributed by atoms with van der Waals surface area (Å²) in [5, 5.41) is 17.5. The van der Waals surface area contributed by atoms with Gasteiger partial charge in [-0.15, -0.1) is 0 Å². The van der Waals surface area contributed by atoms with Gasteiger partial charge < -0.3 is 15.9 Å². The van der Waals surface area contributed by atoms with Crippen molar-refractivity contribution in [3.63, 3.8) is 0 Å². The Bertz CT molecular complexity index is 79.7. The Balaban J connectivity index is 2.26. The second-order valence-corrected chi connectivity index (χ2v) is 2.30. The molecule has 0 aromatic rings. The molecule has 1 aliphatic carbocycles. The van der Waals surface area contributed by atoms with Gasteiger partial charge in [-0.05, 0) is 12.8 Å². The summed E-state index contributed by atoms with van der Waals surface area (Å²) in [5.74, 6) is -0.0602. The summed E-state index contributed by atoms with van der Waals surface area (Å²) in [6, 6.07) is 0. The molecule has 4 N–H and O–H groups in total. The zero-order valence-electron chi connectivity index (χ0n) is 4.62. The van der Waals surface area contributed by atoms with E-state index in [-0.39, 0.29) is 12.0 Å². The van der Waals surface area contributed by atoms with E-state index in [0.717, 1.165) is 12.8 Å². The van der Waals surface area contributed by atoms with E-state index in [1.165, 1.54) is 0 Å². The van der Waals surface area contributed by atoms with Gasteiger partial charge in [-0.3, -0.25) is 0 Å². The molecule has 0 spiro atoms. The van der Waals surface area contributed by atoms with Crippen LogP contribution in [0, 0.1) is 5.92 Å². The zero-order valence-corrected chi connectivity index (χ0v) is 4.62. The van der Waals surface area contributed by atoms with E-state index in [0.29, 0.717) is 0 Å². The third-order valence-electron chi connectivity index (χ3n) is 1.73. The minimum atomic E-state index is -0.821. The SMILES string of the molecule is NC(O)C1CCC1O. The van der Waals surface area contributed by atoms with Crippen LogP contribution >= 0.6 is 0 Å². The lowest BCUT2D eigenvalue weighted by Crippen LogP contribution is -2.44. The van der Waals surface area contributed by atoms with Gasteiger partial charge >= 0.3 is 0 Å². The predicted molar refractivity (Wildman–Crippen MR) is 28.9 cm³/mol.